The molecule has 2 aliphatic rings. The number of rotatable bonds is 0. The van der Waals surface area contributed by atoms with Crippen molar-refractivity contribution >= 4 is 6.09 Å². The third-order valence-corrected chi connectivity index (χ3v) is 5.11. The maximum atomic E-state index is 11.9. The predicted molar refractivity (Wildman–Crippen MR) is 118 cm³/mol. The van der Waals surface area contributed by atoms with Crippen LogP contribution in [0.3, 0.4) is 0 Å². The van der Waals surface area contributed by atoms with Gasteiger partial charge in [0, 0.05) is 13.1 Å². The Morgan fingerprint density at radius 3 is 2.03 bits per heavy atom. The van der Waals surface area contributed by atoms with Gasteiger partial charge in [0.1, 0.15) is 11.4 Å². The van der Waals surface area contributed by atoms with Crippen LogP contribution in [0.4, 0.5) is 4.79 Å². The molecular weight excluding hydrogens is 419 g/mol. The number of carbonyl (C=O) groups excluding carboxylic acids is 1. The fraction of sp³-hybridized carbons (Fsp3) is 0.458. The second-order valence-electron chi connectivity index (χ2n) is 8.58. The number of ether oxygens (including phenoxy) is 1. The molecule has 164 valence electrons. The first-order chi connectivity index (χ1) is 14.3. The molecule has 0 aromatic heterocycles. The SMILES string of the molecule is CC(C)(C)OC(=O)N1CCc2ccc(O)cc2C1.[K+].[NH-]O.c1ccc2c(c1)CCCC2. The maximum Gasteiger partial charge on any atom is 1.00 e. The van der Waals surface area contributed by atoms with E-state index in [1.165, 1.54) is 31.2 Å². The molecule has 0 saturated carbocycles. The Hall–Kier alpha value is -0.934. The maximum absolute atomic E-state index is 11.9. The third-order valence-electron chi connectivity index (χ3n) is 5.11. The van der Waals surface area contributed by atoms with Crippen LogP contribution < -0.4 is 51.4 Å². The monoisotopic (exact) mass is 452 g/mol. The van der Waals surface area contributed by atoms with Crippen molar-refractivity contribution in [3.05, 3.63) is 70.6 Å². The quantitative estimate of drug-likeness (QED) is 0.475. The van der Waals surface area contributed by atoms with E-state index in [0.717, 1.165) is 12.0 Å². The Morgan fingerprint density at radius 2 is 1.48 bits per heavy atom. The normalized spacial score (nSPS) is 14.3. The van der Waals surface area contributed by atoms with Gasteiger partial charge in [-0.05, 0) is 87.3 Å². The van der Waals surface area contributed by atoms with E-state index < -0.39 is 5.60 Å². The molecule has 0 bridgehead atoms. The molecule has 2 aromatic carbocycles. The topological polar surface area (TPSA) is 93.8 Å². The average molecular weight is 453 g/mol. The van der Waals surface area contributed by atoms with E-state index in [-0.39, 0.29) is 63.2 Å². The molecule has 31 heavy (non-hydrogen) atoms. The number of carbonyl (C=O) groups is 1. The van der Waals surface area contributed by atoms with E-state index in [9.17, 15) is 9.90 Å². The Balaban J connectivity index is 0.000000313. The number of fused-ring (bicyclic) bond motifs is 2. The van der Waals surface area contributed by atoms with Crippen LogP contribution in [0.25, 0.3) is 5.90 Å². The van der Waals surface area contributed by atoms with E-state index in [1.807, 2.05) is 26.8 Å². The van der Waals surface area contributed by atoms with Gasteiger partial charge in [0.15, 0.2) is 0 Å². The first kappa shape index (κ1) is 28.1. The first-order valence-corrected chi connectivity index (χ1v) is 10.4. The number of nitrogens with zero attached hydrogens (tertiary/aromatic N) is 1. The summed E-state index contributed by atoms with van der Waals surface area (Å²) in [4.78, 5) is 13.6. The van der Waals surface area contributed by atoms with Gasteiger partial charge in [-0.1, -0.05) is 30.3 Å². The minimum absolute atomic E-state index is 0. The molecule has 0 saturated heterocycles. The van der Waals surface area contributed by atoms with Gasteiger partial charge in [0.25, 0.3) is 0 Å². The number of hydrogen-bond acceptors (Lipinski definition) is 4. The third kappa shape index (κ3) is 9.22. The van der Waals surface area contributed by atoms with Gasteiger partial charge >= 0.3 is 57.5 Å². The second-order valence-corrected chi connectivity index (χ2v) is 8.58. The summed E-state index contributed by atoms with van der Waals surface area (Å²) in [5, 5.41) is 15.7. The molecular formula is C24H33KN2O4. The molecule has 0 fully saturated rings. The van der Waals surface area contributed by atoms with Gasteiger partial charge in [-0.15, -0.1) is 0 Å². The van der Waals surface area contributed by atoms with Crippen molar-refractivity contribution in [3.8, 4) is 5.75 Å². The molecule has 0 radical (unpaired) electrons. The first-order valence-electron chi connectivity index (χ1n) is 10.4. The van der Waals surface area contributed by atoms with Crippen molar-refractivity contribution in [1.82, 2.24) is 4.90 Å². The number of phenolic OH excluding ortho intramolecular Hbond substituents is 1. The smallest absolute Gasteiger partial charge is 0.553 e. The number of aromatic hydroxyl groups is 1. The number of amides is 1. The molecule has 3 N–H and O–H groups in total. The summed E-state index contributed by atoms with van der Waals surface area (Å²) in [7, 11) is 0. The Kier molecular flexibility index (Phi) is 12.3. The molecule has 2 aromatic rings. The summed E-state index contributed by atoms with van der Waals surface area (Å²) in [6, 6.07) is 14.1. The molecule has 1 amide bonds. The van der Waals surface area contributed by atoms with Crippen LogP contribution in [0.2, 0.25) is 0 Å². The zero-order valence-corrected chi connectivity index (χ0v) is 22.3. The van der Waals surface area contributed by atoms with Crippen molar-refractivity contribution < 1.29 is 71.2 Å². The van der Waals surface area contributed by atoms with E-state index in [0.29, 0.717) is 13.1 Å². The standard InChI is InChI=1S/C14H19NO3.C10H12.K.H2NO/c1-14(2,3)18-13(17)15-7-6-10-4-5-12(16)8-11(10)9-15;1-2-6-10-8-4-3-7-9(10)5-1;;1-2/h4-5,8,16H,6-7,9H2,1-3H3;1-2,5-6H,3-4,7-8H2;;1-2H/q;;+1;-1. The summed E-state index contributed by atoms with van der Waals surface area (Å²) in [6.45, 7) is 6.73. The Bertz CT molecular complexity index is 812. The molecule has 0 atom stereocenters. The largest absolute Gasteiger partial charge is 1.00 e. The van der Waals surface area contributed by atoms with Gasteiger partial charge < -0.3 is 25.8 Å². The van der Waals surface area contributed by atoms with Crippen LogP contribution in [0, 0.1) is 0 Å². The average Bonchev–Trinajstić information content (AvgIpc) is 2.74. The summed E-state index contributed by atoms with van der Waals surface area (Å²) >= 11 is 0. The van der Waals surface area contributed by atoms with Crippen LogP contribution in [-0.4, -0.2) is 33.5 Å². The summed E-state index contributed by atoms with van der Waals surface area (Å²) in [5.74, 6) is 4.99. The van der Waals surface area contributed by atoms with E-state index >= 15 is 0 Å². The minimum Gasteiger partial charge on any atom is -0.553 e. The fourth-order valence-electron chi connectivity index (χ4n) is 3.70. The molecule has 1 heterocycles. The Morgan fingerprint density at radius 1 is 0.935 bits per heavy atom. The second kappa shape index (κ2) is 13.6. The minimum atomic E-state index is -0.476. The van der Waals surface area contributed by atoms with E-state index in [1.54, 1.807) is 28.2 Å². The zero-order chi connectivity index (χ0) is 22.1. The van der Waals surface area contributed by atoms with Gasteiger partial charge in [-0.2, -0.15) is 0 Å². The van der Waals surface area contributed by atoms with Crippen LogP contribution in [-0.2, 0) is 30.5 Å². The molecule has 4 rings (SSSR count). The number of phenols is 1. The van der Waals surface area contributed by atoms with Crippen LogP contribution in [0.15, 0.2) is 42.5 Å². The predicted octanol–water partition coefficient (Wildman–Crippen LogP) is 2.68. The molecule has 6 nitrogen and oxygen atoms in total. The number of benzene rings is 2. The number of hydrogen-bond donors (Lipinski definition) is 2. The van der Waals surface area contributed by atoms with Gasteiger partial charge in [-0.25, -0.2) is 4.79 Å². The Labute approximate surface area is 228 Å². The van der Waals surface area contributed by atoms with Crippen molar-refractivity contribution in [2.75, 3.05) is 6.54 Å². The molecule has 1 aliphatic heterocycles. The molecule has 1 aliphatic carbocycles. The summed E-state index contributed by atoms with van der Waals surface area (Å²) in [6.07, 6.45) is 5.88. The van der Waals surface area contributed by atoms with Gasteiger partial charge in [0.2, 0.25) is 0 Å². The van der Waals surface area contributed by atoms with Crippen molar-refractivity contribution in [2.24, 2.45) is 0 Å². The van der Waals surface area contributed by atoms with Gasteiger partial charge in [-0.3, -0.25) is 0 Å². The molecule has 0 spiro atoms. The van der Waals surface area contributed by atoms with Gasteiger partial charge in [0.05, 0.1) is 0 Å². The summed E-state index contributed by atoms with van der Waals surface area (Å²) in [5.41, 5.74) is 4.86. The van der Waals surface area contributed by atoms with Crippen molar-refractivity contribution in [2.45, 2.75) is 65.0 Å². The van der Waals surface area contributed by atoms with E-state index in [2.05, 4.69) is 24.3 Å². The van der Waals surface area contributed by atoms with Crippen molar-refractivity contribution in [3.63, 3.8) is 0 Å². The zero-order valence-electron chi connectivity index (χ0n) is 19.1. The van der Waals surface area contributed by atoms with Crippen molar-refractivity contribution in [1.29, 1.82) is 0 Å². The molecule has 7 heteroatoms. The number of nitrogens with one attached hydrogen (secondary N) is 1. The molecule has 0 unspecified atom stereocenters. The number of aryl methyl sites for hydroxylation is 2. The van der Waals surface area contributed by atoms with Crippen LogP contribution in [0.1, 0.15) is 55.9 Å². The summed E-state index contributed by atoms with van der Waals surface area (Å²) < 4.78 is 5.35. The van der Waals surface area contributed by atoms with Crippen LogP contribution in [0.5, 0.6) is 5.75 Å². The van der Waals surface area contributed by atoms with Crippen LogP contribution >= 0.6 is 0 Å². The van der Waals surface area contributed by atoms with E-state index in [4.69, 9.17) is 15.8 Å². The fourth-order valence-corrected chi connectivity index (χ4v) is 3.70.